The molecule has 39 heavy (non-hydrogen) atoms. The van der Waals surface area contributed by atoms with Crippen LogP contribution in [0.5, 0.6) is 0 Å². The third-order valence-electron chi connectivity index (χ3n) is 9.06. The SMILES string of the molecule is CSCCC(NC(=O)c1ccc(CCC(=O)NC23CC4CC(CC(C4)C2)C3)cc1-c1ccccc1C)C(=O)O. The van der Waals surface area contributed by atoms with Crippen LogP contribution < -0.4 is 10.6 Å². The van der Waals surface area contributed by atoms with Gasteiger partial charge in [-0.25, -0.2) is 4.79 Å². The minimum atomic E-state index is -1.03. The summed E-state index contributed by atoms with van der Waals surface area (Å²) in [6.45, 7) is 2.00. The van der Waals surface area contributed by atoms with Gasteiger partial charge in [0.15, 0.2) is 0 Å². The largest absolute Gasteiger partial charge is 0.480 e. The zero-order valence-electron chi connectivity index (χ0n) is 23.0. The molecular formula is C32H40N2O4S. The number of rotatable bonds is 11. The van der Waals surface area contributed by atoms with Gasteiger partial charge >= 0.3 is 5.97 Å². The molecule has 2 aromatic rings. The van der Waals surface area contributed by atoms with Crippen LogP contribution in [0, 0.1) is 24.7 Å². The van der Waals surface area contributed by atoms with Gasteiger partial charge in [0.05, 0.1) is 0 Å². The monoisotopic (exact) mass is 548 g/mol. The van der Waals surface area contributed by atoms with Gasteiger partial charge in [0.1, 0.15) is 6.04 Å². The third-order valence-corrected chi connectivity index (χ3v) is 9.71. The quantitative estimate of drug-likeness (QED) is 0.339. The topological polar surface area (TPSA) is 95.5 Å². The number of nitrogens with one attached hydrogen (secondary N) is 2. The second-order valence-electron chi connectivity index (χ2n) is 12.1. The normalized spacial score (nSPS) is 25.7. The summed E-state index contributed by atoms with van der Waals surface area (Å²) in [7, 11) is 0. The number of benzene rings is 2. The molecule has 208 valence electrons. The number of carboxylic acids is 1. The summed E-state index contributed by atoms with van der Waals surface area (Å²) in [5.74, 6) is 1.69. The lowest BCUT2D eigenvalue weighted by atomic mass is 9.53. The fourth-order valence-corrected chi connectivity index (χ4v) is 8.12. The van der Waals surface area contributed by atoms with Crippen molar-refractivity contribution in [1.29, 1.82) is 0 Å². The number of aryl methyl sites for hydroxylation is 2. The van der Waals surface area contributed by atoms with Gasteiger partial charge < -0.3 is 15.7 Å². The molecule has 0 heterocycles. The van der Waals surface area contributed by atoms with Gasteiger partial charge in [0.25, 0.3) is 5.91 Å². The zero-order valence-corrected chi connectivity index (χ0v) is 23.8. The first-order chi connectivity index (χ1) is 18.7. The van der Waals surface area contributed by atoms with Crippen molar-refractivity contribution in [2.75, 3.05) is 12.0 Å². The van der Waals surface area contributed by atoms with Gasteiger partial charge in [-0.1, -0.05) is 36.4 Å². The summed E-state index contributed by atoms with van der Waals surface area (Å²) >= 11 is 1.55. The van der Waals surface area contributed by atoms with E-state index in [4.69, 9.17) is 0 Å². The molecule has 7 heteroatoms. The number of carbonyl (C=O) groups excluding carboxylic acids is 2. The van der Waals surface area contributed by atoms with Crippen LogP contribution in [0.15, 0.2) is 42.5 Å². The number of carboxylic acid groups (broad SMARTS) is 1. The molecule has 0 radical (unpaired) electrons. The lowest BCUT2D eigenvalue weighted by molar-refractivity contribution is -0.139. The summed E-state index contributed by atoms with van der Waals surface area (Å²) in [5, 5.41) is 15.8. The summed E-state index contributed by atoms with van der Waals surface area (Å²) in [6.07, 6.45) is 10.7. The Morgan fingerprint density at radius 2 is 1.67 bits per heavy atom. The predicted octanol–water partition coefficient (Wildman–Crippen LogP) is 5.62. The van der Waals surface area contributed by atoms with E-state index in [0.717, 1.165) is 59.3 Å². The highest BCUT2D eigenvalue weighted by Crippen LogP contribution is 2.55. The van der Waals surface area contributed by atoms with Crippen LogP contribution in [0.25, 0.3) is 11.1 Å². The maximum absolute atomic E-state index is 13.3. The van der Waals surface area contributed by atoms with Gasteiger partial charge in [-0.2, -0.15) is 11.8 Å². The van der Waals surface area contributed by atoms with Crippen molar-refractivity contribution >= 4 is 29.5 Å². The Bertz CT molecular complexity index is 1210. The maximum Gasteiger partial charge on any atom is 0.326 e. The second-order valence-corrected chi connectivity index (χ2v) is 13.1. The van der Waals surface area contributed by atoms with Gasteiger partial charge in [0, 0.05) is 17.5 Å². The number of thioether (sulfide) groups is 1. The number of hydrogen-bond acceptors (Lipinski definition) is 4. The van der Waals surface area contributed by atoms with E-state index in [9.17, 15) is 19.5 Å². The van der Waals surface area contributed by atoms with Crippen LogP contribution in [0.2, 0.25) is 0 Å². The molecule has 4 saturated carbocycles. The van der Waals surface area contributed by atoms with E-state index in [2.05, 4.69) is 10.6 Å². The van der Waals surface area contributed by atoms with Crippen molar-refractivity contribution in [1.82, 2.24) is 10.6 Å². The Morgan fingerprint density at radius 1 is 1.00 bits per heavy atom. The van der Waals surface area contributed by atoms with Crippen LogP contribution in [0.3, 0.4) is 0 Å². The van der Waals surface area contributed by atoms with Gasteiger partial charge in [-0.05, 0) is 116 Å². The van der Waals surface area contributed by atoms with Crippen molar-refractivity contribution in [2.45, 2.75) is 76.3 Å². The molecule has 0 spiro atoms. The van der Waals surface area contributed by atoms with E-state index in [1.165, 1.54) is 19.3 Å². The summed E-state index contributed by atoms with van der Waals surface area (Å²) in [4.78, 5) is 38.2. The number of amides is 2. The Morgan fingerprint density at radius 3 is 2.28 bits per heavy atom. The first kappa shape index (κ1) is 27.8. The highest BCUT2D eigenvalue weighted by atomic mass is 32.2. The lowest BCUT2D eigenvalue weighted by Crippen LogP contribution is -2.59. The average molecular weight is 549 g/mol. The molecule has 1 atom stereocenters. The average Bonchev–Trinajstić information content (AvgIpc) is 2.88. The van der Waals surface area contributed by atoms with Crippen molar-refractivity contribution in [3.63, 3.8) is 0 Å². The summed E-state index contributed by atoms with van der Waals surface area (Å²) in [5.41, 5.74) is 4.17. The Labute approximate surface area is 235 Å². The number of hydrogen-bond donors (Lipinski definition) is 3. The first-order valence-corrected chi connectivity index (χ1v) is 15.7. The minimum absolute atomic E-state index is 0.0110. The van der Waals surface area contributed by atoms with E-state index < -0.39 is 17.9 Å². The molecule has 4 aliphatic carbocycles. The number of aliphatic carboxylic acids is 1. The molecular weight excluding hydrogens is 508 g/mol. The van der Waals surface area contributed by atoms with E-state index >= 15 is 0 Å². The van der Waals surface area contributed by atoms with Gasteiger partial charge in [-0.15, -0.1) is 0 Å². The molecule has 0 aromatic heterocycles. The van der Waals surface area contributed by atoms with Crippen molar-refractivity contribution in [3.05, 3.63) is 59.2 Å². The third kappa shape index (κ3) is 6.34. The molecule has 1 unspecified atom stereocenters. The predicted molar refractivity (Wildman–Crippen MR) is 156 cm³/mol. The molecule has 2 amide bonds. The highest BCUT2D eigenvalue weighted by molar-refractivity contribution is 7.98. The molecule has 0 saturated heterocycles. The standard InChI is InChI=1S/C32H40N2O4S/c1-20-5-3-4-6-25(20)27-16-21(7-9-26(27)30(36)33-28(31(37)38)11-12-39-2)8-10-29(35)34-32-17-22-13-23(18-32)15-24(14-22)19-32/h3-7,9,16,22-24,28H,8,10-15,17-19H2,1-2H3,(H,33,36)(H,34,35)(H,37,38). The summed E-state index contributed by atoms with van der Waals surface area (Å²) in [6, 6.07) is 12.6. The van der Waals surface area contributed by atoms with Crippen LogP contribution in [0.4, 0.5) is 0 Å². The highest BCUT2D eigenvalue weighted by Gasteiger charge is 2.51. The molecule has 0 aliphatic heterocycles. The van der Waals surface area contributed by atoms with Crippen LogP contribution in [-0.4, -0.2) is 46.5 Å². The Hall–Kier alpha value is -2.80. The van der Waals surface area contributed by atoms with Gasteiger partial charge in [-0.3, -0.25) is 9.59 Å². The molecule has 4 bridgehead atoms. The second kappa shape index (κ2) is 11.7. The molecule has 6 nitrogen and oxygen atoms in total. The Balaban J connectivity index is 1.31. The summed E-state index contributed by atoms with van der Waals surface area (Å²) < 4.78 is 0. The van der Waals surface area contributed by atoms with Crippen LogP contribution in [-0.2, 0) is 16.0 Å². The zero-order chi connectivity index (χ0) is 27.6. The maximum atomic E-state index is 13.3. The van der Waals surface area contributed by atoms with E-state index in [0.29, 0.717) is 30.6 Å². The van der Waals surface area contributed by atoms with Crippen LogP contribution >= 0.6 is 11.8 Å². The Kier molecular flexibility index (Phi) is 8.36. The molecule has 3 N–H and O–H groups in total. The minimum Gasteiger partial charge on any atom is -0.480 e. The number of carbonyl (C=O) groups is 3. The molecule has 4 fully saturated rings. The van der Waals surface area contributed by atoms with E-state index in [1.807, 2.05) is 49.6 Å². The van der Waals surface area contributed by atoms with Crippen molar-refractivity contribution < 1.29 is 19.5 Å². The molecule has 2 aromatic carbocycles. The molecule has 6 rings (SSSR count). The smallest absolute Gasteiger partial charge is 0.326 e. The van der Waals surface area contributed by atoms with Gasteiger partial charge in [0.2, 0.25) is 5.91 Å². The molecule has 4 aliphatic rings. The van der Waals surface area contributed by atoms with Crippen LogP contribution in [0.1, 0.15) is 72.9 Å². The van der Waals surface area contributed by atoms with E-state index in [1.54, 1.807) is 17.8 Å². The fourth-order valence-electron chi connectivity index (χ4n) is 7.65. The first-order valence-electron chi connectivity index (χ1n) is 14.3. The lowest BCUT2D eigenvalue weighted by Gasteiger charge is -2.56. The van der Waals surface area contributed by atoms with Crippen molar-refractivity contribution in [3.8, 4) is 11.1 Å². The van der Waals surface area contributed by atoms with E-state index in [-0.39, 0.29) is 11.4 Å². The fraction of sp³-hybridized carbons (Fsp3) is 0.531. The van der Waals surface area contributed by atoms with Crippen molar-refractivity contribution in [2.24, 2.45) is 17.8 Å².